The molecule has 1 aliphatic carbocycles. The lowest BCUT2D eigenvalue weighted by atomic mass is 9.96. The number of hydrogen-bond donors (Lipinski definition) is 1. The number of hydrogen-bond acceptors (Lipinski definition) is 4. The molecule has 0 bridgehead atoms. The lowest BCUT2D eigenvalue weighted by molar-refractivity contribution is -0.137. The highest BCUT2D eigenvalue weighted by Gasteiger charge is 2.34. The van der Waals surface area contributed by atoms with Crippen molar-refractivity contribution >= 4 is 17.6 Å². The van der Waals surface area contributed by atoms with Crippen molar-refractivity contribution in [3.8, 4) is 11.5 Å². The summed E-state index contributed by atoms with van der Waals surface area (Å²) in [6.45, 7) is 3.66. The topological polar surface area (TPSA) is 57.2 Å². The third-order valence-corrected chi connectivity index (χ3v) is 6.98. The van der Waals surface area contributed by atoms with Crippen molar-refractivity contribution in [1.82, 2.24) is 15.1 Å². The van der Waals surface area contributed by atoms with Crippen molar-refractivity contribution in [2.24, 2.45) is 4.99 Å². The molecule has 5 rings (SSSR count). The molecule has 35 heavy (non-hydrogen) atoms. The van der Waals surface area contributed by atoms with Crippen LogP contribution in [0, 0.1) is 0 Å². The van der Waals surface area contributed by atoms with Crippen LogP contribution in [-0.2, 0) is 6.18 Å². The van der Waals surface area contributed by atoms with Crippen molar-refractivity contribution in [1.29, 1.82) is 0 Å². The summed E-state index contributed by atoms with van der Waals surface area (Å²) in [5.41, 5.74) is 0.275. The van der Waals surface area contributed by atoms with Crippen molar-refractivity contribution < 1.29 is 22.7 Å². The van der Waals surface area contributed by atoms with Crippen molar-refractivity contribution in [3.63, 3.8) is 0 Å². The third kappa shape index (κ3) is 4.94. The Morgan fingerprint density at radius 2 is 1.83 bits per heavy atom. The predicted molar refractivity (Wildman–Crippen MR) is 127 cm³/mol. The molecule has 0 aromatic heterocycles. The van der Waals surface area contributed by atoms with Crippen LogP contribution in [0.4, 0.5) is 23.7 Å². The van der Waals surface area contributed by atoms with Gasteiger partial charge in [-0.1, -0.05) is 31.4 Å². The summed E-state index contributed by atoms with van der Waals surface area (Å²) in [6, 6.07) is 10.8. The summed E-state index contributed by atoms with van der Waals surface area (Å²) in [4.78, 5) is 21.7. The monoisotopic (exact) mass is 486 g/mol. The second-order valence-electron chi connectivity index (χ2n) is 9.49. The second kappa shape index (κ2) is 9.43. The number of urea groups is 1. The first-order valence-electron chi connectivity index (χ1n) is 12.2. The maximum Gasteiger partial charge on any atom is 0.416 e. The first kappa shape index (κ1) is 23.5. The van der Waals surface area contributed by atoms with E-state index in [0.29, 0.717) is 42.5 Å². The van der Waals surface area contributed by atoms with Gasteiger partial charge in [-0.3, -0.25) is 0 Å². The average Bonchev–Trinajstić information content (AvgIpc) is 3.00. The van der Waals surface area contributed by atoms with E-state index in [1.54, 1.807) is 12.1 Å². The molecule has 3 aliphatic rings. The van der Waals surface area contributed by atoms with Gasteiger partial charge in [0, 0.05) is 31.7 Å². The summed E-state index contributed by atoms with van der Waals surface area (Å²) in [5.74, 6) is 1.16. The van der Waals surface area contributed by atoms with Crippen LogP contribution in [-0.4, -0.2) is 53.4 Å². The quantitative estimate of drug-likeness (QED) is 0.543. The van der Waals surface area contributed by atoms with Gasteiger partial charge in [0.1, 0.15) is 17.3 Å². The highest BCUT2D eigenvalue weighted by atomic mass is 19.4. The molecule has 6 nitrogen and oxygen atoms in total. The van der Waals surface area contributed by atoms with Gasteiger partial charge in [0.15, 0.2) is 5.75 Å². The van der Waals surface area contributed by atoms with Gasteiger partial charge in [0.05, 0.1) is 11.1 Å². The fraction of sp³-hybridized carbons (Fsp3) is 0.462. The molecule has 1 N–H and O–H groups in total. The fourth-order valence-corrected chi connectivity index (χ4v) is 5.09. The van der Waals surface area contributed by atoms with Gasteiger partial charge in [0.25, 0.3) is 0 Å². The van der Waals surface area contributed by atoms with Gasteiger partial charge < -0.3 is 19.9 Å². The Bertz CT molecular complexity index is 1130. The number of amidine groups is 1. The van der Waals surface area contributed by atoms with E-state index >= 15 is 0 Å². The van der Waals surface area contributed by atoms with Crippen LogP contribution in [0.1, 0.15) is 50.2 Å². The van der Waals surface area contributed by atoms with Gasteiger partial charge in [-0.15, -0.1) is 0 Å². The molecule has 0 unspecified atom stereocenters. The number of para-hydroxylation sites is 1. The Balaban J connectivity index is 1.39. The molecule has 2 aliphatic heterocycles. The van der Waals surface area contributed by atoms with E-state index in [4.69, 9.17) is 9.73 Å². The molecule has 1 saturated carbocycles. The molecule has 0 spiro atoms. The van der Waals surface area contributed by atoms with Crippen LogP contribution in [0.2, 0.25) is 0 Å². The molecule has 2 fully saturated rings. The highest BCUT2D eigenvalue weighted by molar-refractivity contribution is 6.04. The first-order chi connectivity index (χ1) is 16.8. The zero-order chi connectivity index (χ0) is 24.6. The molecule has 9 heteroatoms. The SMILES string of the molecule is C[C@H]1CN(C2=Nc3ccc(C(F)(F)F)cc3Oc3ccccc32)CCN1C(=O)NC1CCCCC1. The second-order valence-corrected chi connectivity index (χ2v) is 9.49. The van der Waals surface area contributed by atoms with Gasteiger partial charge in [-0.05, 0) is 50.1 Å². The predicted octanol–water partition coefficient (Wildman–Crippen LogP) is 5.94. The number of benzene rings is 2. The van der Waals surface area contributed by atoms with Crippen LogP contribution in [0.3, 0.4) is 0 Å². The number of nitrogens with zero attached hydrogens (tertiary/aromatic N) is 3. The molecule has 1 saturated heterocycles. The first-order valence-corrected chi connectivity index (χ1v) is 12.2. The van der Waals surface area contributed by atoms with E-state index in [1.807, 2.05) is 24.0 Å². The lowest BCUT2D eigenvalue weighted by Crippen LogP contribution is -2.58. The Hall–Kier alpha value is -3.23. The number of aliphatic imine (C=N–C) groups is 1. The number of rotatable bonds is 1. The Morgan fingerprint density at radius 3 is 2.57 bits per heavy atom. The highest BCUT2D eigenvalue weighted by Crippen LogP contribution is 2.42. The number of carbonyl (C=O) groups is 1. The number of halogens is 3. The van der Waals surface area contributed by atoms with Crippen LogP contribution < -0.4 is 10.1 Å². The minimum atomic E-state index is -4.47. The minimum absolute atomic E-state index is 0.0272. The minimum Gasteiger partial charge on any atom is -0.454 e. The smallest absolute Gasteiger partial charge is 0.416 e. The van der Waals surface area contributed by atoms with Crippen LogP contribution in [0.15, 0.2) is 47.5 Å². The molecule has 2 aromatic carbocycles. The number of alkyl halides is 3. The Labute approximate surface area is 202 Å². The maximum absolute atomic E-state index is 13.3. The summed E-state index contributed by atoms with van der Waals surface area (Å²) in [5, 5.41) is 3.20. The molecule has 2 aromatic rings. The van der Waals surface area contributed by atoms with Gasteiger partial charge in [0.2, 0.25) is 0 Å². The van der Waals surface area contributed by atoms with Gasteiger partial charge in [-0.2, -0.15) is 13.2 Å². The van der Waals surface area contributed by atoms with Crippen molar-refractivity contribution in [2.45, 2.75) is 57.3 Å². The van der Waals surface area contributed by atoms with E-state index in [0.717, 1.165) is 37.8 Å². The maximum atomic E-state index is 13.3. The van der Waals surface area contributed by atoms with E-state index in [-0.39, 0.29) is 23.9 Å². The Kier molecular flexibility index (Phi) is 6.34. The molecular weight excluding hydrogens is 457 g/mol. The average molecular weight is 487 g/mol. The standard InChI is InChI=1S/C26H29F3N4O2/c1-17-16-32(13-14-33(17)25(34)30-19-7-3-2-4-8-19)24-20-9-5-6-10-22(20)35-23-15-18(26(27,28)29)11-12-21(23)31-24/h5-6,9-12,15,17,19H,2-4,7-8,13-14,16H2,1H3,(H,30,34)/t17-/m0/s1. The van der Waals surface area contributed by atoms with Gasteiger partial charge in [-0.25, -0.2) is 9.79 Å². The lowest BCUT2D eigenvalue weighted by Gasteiger charge is -2.41. The van der Waals surface area contributed by atoms with Gasteiger partial charge >= 0.3 is 12.2 Å². The number of amides is 2. The summed E-state index contributed by atoms with van der Waals surface area (Å²) < 4.78 is 45.8. The normalized spacial score (nSPS) is 20.8. The van der Waals surface area contributed by atoms with Crippen molar-refractivity contribution in [3.05, 3.63) is 53.6 Å². The molecule has 2 heterocycles. The molecular formula is C26H29F3N4O2. The number of carbonyl (C=O) groups excluding carboxylic acids is 1. The largest absolute Gasteiger partial charge is 0.454 e. The third-order valence-electron chi connectivity index (χ3n) is 6.98. The number of fused-ring (bicyclic) bond motifs is 2. The zero-order valence-corrected chi connectivity index (χ0v) is 19.6. The molecule has 1 atom stereocenters. The molecule has 186 valence electrons. The number of piperazine rings is 1. The van der Waals surface area contributed by atoms with Crippen LogP contribution >= 0.6 is 0 Å². The number of ether oxygens (including phenoxy) is 1. The summed E-state index contributed by atoms with van der Waals surface area (Å²) >= 11 is 0. The fourth-order valence-electron chi connectivity index (χ4n) is 5.09. The Morgan fingerprint density at radius 1 is 1.06 bits per heavy atom. The van der Waals surface area contributed by atoms with E-state index in [9.17, 15) is 18.0 Å². The van der Waals surface area contributed by atoms with E-state index in [1.165, 1.54) is 12.5 Å². The summed E-state index contributed by atoms with van der Waals surface area (Å²) in [7, 11) is 0. The number of nitrogens with one attached hydrogen (secondary N) is 1. The van der Waals surface area contributed by atoms with Crippen LogP contribution in [0.5, 0.6) is 11.5 Å². The van der Waals surface area contributed by atoms with E-state index in [2.05, 4.69) is 10.2 Å². The molecule has 2 amide bonds. The van der Waals surface area contributed by atoms with E-state index < -0.39 is 11.7 Å². The van der Waals surface area contributed by atoms with Crippen LogP contribution in [0.25, 0.3) is 0 Å². The molecule has 0 radical (unpaired) electrons. The summed E-state index contributed by atoms with van der Waals surface area (Å²) in [6.07, 6.45) is 1.13. The zero-order valence-electron chi connectivity index (χ0n) is 19.6. The van der Waals surface area contributed by atoms with Crippen molar-refractivity contribution in [2.75, 3.05) is 19.6 Å².